The fourth-order valence-electron chi connectivity index (χ4n) is 2.17. The van der Waals surface area contributed by atoms with Crippen LogP contribution in [0, 0.1) is 25.2 Å². The topological polar surface area (TPSA) is 40.2 Å². The van der Waals surface area contributed by atoms with Gasteiger partial charge in [0.1, 0.15) is 11.8 Å². The number of anilines is 1. The minimum atomic E-state index is 0.707. The number of benzene rings is 1. The smallest absolute Gasteiger partial charge is 0.105 e. The van der Waals surface area contributed by atoms with Crippen LogP contribution in [0.2, 0.25) is 0 Å². The minimum absolute atomic E-state index is 0.707. The first kappa shape index (κ1) is 12.3. The third kappa shape index (κ3) is 2.23. The van der Waals surface area contributed by atoms with Crippen LogP contribution in [0.1, 0.15) is 22.5 Å². The Balaban J connectivity index is 2.32. The maximum absolute atomic E-state index is 9.18. The number of nitrogens with zero attached hydrogens (tertiary/aromatic N) is 2. The van der Waals surface area contributed by atoms with Crippen molar-refractivity contribution in [3.63, 3.8) is 0 Å². The van der Waals surface area contributed by atoms with Gasteiger partial charge < -0.3 is 9.32 Å². The van der Waals surface area contributed by atoms with E-state index in [1.54, 1.807) is 6.26 Å². The zero-order chi connectivity index (χ0) is 13.1. The first-order valence-electron chi connectivity index (χ1n) is 5.87. The van der Waals surface area contributed by atoms with Crippen LogP contribution in [0.15, 0.2) is 34.9 Å². The average molecular weight is 240 g/mol. The quantitative estimate of drug-likeness (QED) is 0.825. The molecule has 2 aromatic rings. The lowest BCUT2D eigenvalue weighted by molar-refractivity contribution is 0.529. The Hall–Kier alpha value is -2.21. The second-order valence-electron chi connectivity index (χ2n) is 4.44. The first-order valence-corrected chi connectivity index (χ1v) is 5.87. The monoisotopic (exact) mass is 240 g/mol. The van der Waals surface area contributed by atoms with Gasteiger partial charge in [-0.1, -0.05) is 12.1 Å². The molecule has 1 heterocycles. The molecule has 0 fully saturated rings. The molecule has 3 heteroatoms. The Kier molecular flexibility index (Phi) is 3.38. The molecule has 0 aliphatic rings. The van der Waals surface area contributed by atoms with Gasteiger partial charge in [0.15, 0.2) is 0 Å². The van der Waals surface area contributed by atoms with Crippen LogP contribution in [-0.4, -0.2) is 7.05 Å². The van der Waals surface area contributed by atoms with Crippen molar-refractivity contribution in [2.24, 2.45) is 0 Å². The SMILES string of the molecule is Cc1cccc(C#N)c1N(C)Cc1ccoc1C. The predicted octanol–water partition coefficient (Wildman–Crippen LogP) is 3.40. The molecular formula is C15H16N2O. The molecule has 0 unspecified atom stereocenters. The molecule has 0 radical (unpaired) electrons. The molecule has 1 aromatic heterocycles. The Morgan fingerprint density at radius 3 is 2.67 bits per heavy atom. The molecule has 0 amide bonds. The van der Waals surface area contributed by atoms with Crippen LogP contribution in [0.5, 0.6) is 0 Å². The van der Waals surface area contributed by atoms with E-state index >= 15 is 0 Å². The molecule has 92 valence electrons. The molecule has 0 spiro atoms. The molecule has 2 rings (SSSR count). The Labute approximate surface area is 107 Å². The van der Waals surface area contributed by atoms with Gasteiger partial charge in [-0.3, -0.25) is 0 Å². The van der Waals surface area contributed by atoms with E-state index in [9.17, 15) is 5.26 Å². The summed E-state index contributed by atoms with van der Waals surface area (Å²) in [6.45, 7) is 4.71. The third-order valence-electron chi connectivity index (χ3n) is 3.11. The number of nitriles is 1. The van der Waals surface area contributed by atoms with Gasteiger partial charge in [-0.15, -0.1) is 0 Å². The molecule has 0 atom stereocenters. The fraction of sp³-hybridized carbons (Fsp3) is 0.267. The minimum Gasteiger partial charge on any atom is -0.469 e. The number of aryl methyl sites for hydroxylation is 2. The van der Waals surface area contributed by atoms with Crippen LogP contribution in [0.25, 0.3) is 0 Å². The molecule has 0 N–H and O–H groups in total. The lowest BCUT2D eigenvalue weighted by atomic mass is 10.1. The highest BCUT2D eigenvalue weighted by Gasteiger charge is 2.12. The normalized spacial score (nSPS) is 10.1. The maximum atomic E-state index is 9.18. The molecule has 0 saturated heterocycles. The highest BCUT2D eigenvalue weighted by atomic mass is 16.3. The van der Waals surface area contributed by atoms with Gasteiger partial charge in [-0.25, -0.2) is 0 Å². The highest BCUT2D eigenvalue weighted by Crippen LogP contribution is 2.25. The predicted molar refractivity (Wildman–Crippen MR) is 71.4 cm³/mol. The summed E-state index contributed by atoms with van der Waals surface area (Å²) in [4.78, 5) is 2.09. The number of para-hydroxylation sites is 1. The molecule has 18 heavy (non-hydrogen) atoms. The summed E-state index contributed by atoms with van der Waals surface area (Å²) < 4.78 is 5.30. The first-order chi connectivity index (χ1) is 8.63. The summed E-state index contributed by atoms with van der Waals surface area (Å²) in [5.74, 6) is 0.925. The van der Waals surface area contributed by atoms with E-state index in [1.165, 1.54) is 0 Å². The molecule has 0 aliphatic heterocycles. The van der Waals surface area contributed by atoms with Crippen molar-refractivity contribution >= 4 is 5.69 Å². The molecule has 0 saturated carbocycles. The zero-order valence-electron chi connectivity index (χ0n) is 10.9. The van der Waals surface area contributed by atoms with Gasteiger partial charge in [0.25, 0.3) is 0 Å². The van der Waals surface area contributed by atoms with Crippen molar-refractivity contribution in [1.82, 2.24) is 0 Å². The largest absolute Gasteiger partial charge is 0.469 e. The summed E-state index contributed by atoms with van der Waals surface area (Å²) in [5.41, 5.74) is 3.95. The maximum Gasteiger partial charge on any atom is 0.105 e. The standard InChI is InChI=1S/C15H16N2O/c1-11-5-4-6-13(9-16)15(11)17(3)10-14-7-8-18-12(14)2/h4-8H,10H2,1-3H3. The average Bonchev–Trinajstić information content (AvgIpc) is 2.74. The van der Waals surface area contributed by atoms with Crippen molar-refractivity contribution < 1.29 is 4.42 Å². The van der Waals surface area contributed by atoms with Crippen LogP contribution in [-0.2, 0) is 6.54 Å². The van der Waals surface area contributed by atoms with Crippen molar-refractivity contribution in [3.05, 3.63) is 53.0 Å². The van der Waals surface area contributed by atoms with Gasteiger partial charge in [0.2, 0.25) is 0 Å². The number of hydrogen-bond acceptors (Lipinski definition) is 3. The number of rotatable bonds is 3. The third-order valence-corrected chi connectivity index (χ3v) is 3.11. The van der Waals surface area contributed by atoms with E-state index < -0.39 is 0 Å². The second-order valence-corrected chi connectivity index (χ2v) is 4.44. The van der Waals surface area contributed by atoms with Gasteiger partial charge in [-0.2, -0.15) is 5.26 Å². The van der Waals surface area contributed by atoms with Crippen molar-refractivity contribution in [1.29, 1.82) is 5.26 Å². The molecule has 0 aliphatic carbocycles. The van der Waals surface area contributed by atoms with E-state index in [0.717, 1.165) is 29.1 Å². The summed E-state index contributed by atoms with van der Waals surface area (Å²) in [6.07, 6.45) is 1.70. The van der Waals surface area contributed by atoms with Gasteiger partial charge in [0, 0.05) is 19.2 Å². The fourth-order valence-corrected chi connectivity index (χ4v) is 2.17. The lowest BCUT2D eigenvalue weighted by Crippen LogP contribution is -2.18. The zero-order valence-corrected chi connectivity index (χ0v) is 10.9. The molecular weight excluding hydrogens is 224 g/mol. The lowest BCUT2D eigenvalue weighted by Gasteiger charge is -2.22. The molecule has 3 nitrogen and oxygen atoms in total. The summed E-state index contributed by atoms with van der Waals surface area (Å²) in [6, 6.07) is 10.00. The molecule has 1 aromatic carbocycles. The van der Waals surface area contributed by atoms with Crippen molar-refractivity contribution in [3.8, 4) is 6.07 Å². The van der Waals surface area contributed by atoms with E-state index in [4.69, 9.17) is 4.42 Å². The van der Waals surface area contributed by atoms with Crippen LogP contribution in [0.4, 0.5) is 5.69 Å². The van der Waals surface area contributed by atoms with Gasteiger partial charge in [-0.05, 0) is 31.5 Å². The van der Waals surface area contributed by atoms with E-state index in [-0.39, 0.29) is 0 Å². The van der Waals surface area contributed by atoms with E-state index in [1.807, 2.05) is 45.2 Å². The van der Waals surface area contributed by atoms with Crippen LogP contribution in [0.3, 0.4) is 0 Å². The van der Waals surface area contributed by atoms with E-state index in [0.29, 0.717) is 5.56 Å². The molecule has 0 bridgehead atoms. The Morgan fingerprint density at radius 1 is 1.28 bits per heavy atom. The number of furan rings is 1. The van der Waals surface area contributed by atoms with E-state index in [2.05, 4.69) is 11.0 Å². The summed E-state index contributed by atoms with van der Waals surface area (Å²) in [5, 5.41) is 9.18. The number of hydrogen-bond donors (Lipinski definition) is 0. The Morgan fingerprint density at radius 2 is 2.06 bits per heavy atom. The van der Waals surface area contributed by atoms with Crippen molar-refractivity contribution in [2.45, 2.75) is 20.4 Å². The highest BCUT2D eigenvalue weighted by molar-refractivity contribution is 5.63. The Bertz CT molecular complexity index is 593. The summed E-state index contributed by atoms with van der Waals surface area (Å²) >= 11 is 0. The second kappa shape index (κ2) is 4.97. The summed E-state index contributed by atoms with van der Waals surface area (Å²) in [7, 11) is 2.00. The van der Waals surface area contributed by atoms with Gasteiger partial charge in [0.05, 0.1) is 17.5 Å². The van der Waals surface area contributed by atoms with Crippen molar-refractivity contribution in [2.75, 3.05) is 11.9 Å². The van der Waals surface area contributed by atoms with Crippen LogP contribution < -0.4 is 4.90 Å². The van der Waals surface area contributed by atoms with Crippen LogP contribution >= 0.6 is 0 Å². The van der Waals surface area contributed by atoms with Gasteiger partial charge >= 0.3 is 0 Å².